The van der Waals surface area contributed by atoms with Gasteiger partial charge in [-0.1, -0.05) is 30.3 Å². The van der Waals surface area contributed by atoms with Crippen molar-refractivity contribution in [1.29, 1.82) is 0 Å². The van der Waals surface area contributed by atoms with Crippen LogP contribution in [0.15, 0.2) is 59.6 Å². The molecule has 6 heteroatoms. The number of aromatic amines is 1. The molecular formula is C19H13FN2O2S. The summed E-state index contributed by atoms with van der Waals surface area (Å²) >= 11 is 0.903. The number of aromatic nitrogens is 1. The monoisotopic (exact) mass is 352 g/mol. The minimum absolute atomic E-state index is 0.312. The number of carbonyl (C=O) groups excluding carboxylic acids is 2. The number of amides is 2. The van der Waals surface area contributed by atoms with Crippen molar-refractivity contribution in [3.8, 4) is 0 Å². The molecule has 2 aromatic carbocycles. The molecule has 1 aliphatic rings. The number of hydrogen-bond acceptors (Lipinski definition) is 3. The number of H-pyrrole nitrogens is 1. The number of hydrogen-bond donors (Lipinski definition) is 2. The molecule has 1 aliphatic heterocycles. The van der Waals surface area contributed by atoms with E-state index in [1.165, 1.54) is 12.1 Å². The van der Waals surface area contributed by atoms with Gasteiger partial charge in [-0.15, -0.1) is 0 Å². The van der Waals surface area contributed by atoms with Crippen LogP contribution in [0.2, 0.25) is 0 Å². The maximum atomic E-state index is 13.2. The lowest BCUT2D eigenvalue weighted by Gasteiger charge is -2.10. The van der Waals surface area contributed by atoms with Crippen molar-refractivity contribution in [1.82, 2.24) is 10.3 Å². The summed E-state index contributed by atoms with van der Waals surface area (Å²) < 4.78 is 13.2. The predicted octanol–water partition coefficient (Wildman–Crippen LogP) is 4.24. The van der Waals surface area contributed by atoms with Gasteiger partial charge in [0.15, 0.2) is 0 Å². The molecule has 2 N–H and O–H groups in total. The van der Waals surface area contributed by atoms with Crippen molar-refractivity contribution in [2.45, 2.75) is 6.42 Å². The Morgan fingerprint density at radius 2 is 1.80 bits per heavy atom. The van der Waals surface area contributed by atoms with Crippen molar-refractivity contribution < 1.29 is 14.0 Å². The maximum Gasteiger partial charge on any atom is 0.290 e. The summed E-state index contributed by atoms with van der Waals surface area (Å²) in [7, 11) is 0. The summed E-state index contributed by atoms with van der Waals surface area (Å²) in [6.45, 7) is 0. The van der Waals surface area contributed by atoms with Gasteiger partial charge in [-0.25, -0.2) is 4.39 Å². The summed E-state index contributed by atoms with van der Waals surface area (Å²) in [5.41, 5.74) is 3.43. The van der Waals surface area contributed by atoms with E-state index in [0.29, 0.717) is 11.3 Å². The molecule has 2 heterocycles. The first-order valence-corrected chi connectivity index (χ1v) is 8.51. The van der Waals surface area contributed by atoms with E-state index in [2.05, 4.69) is 10.3 Å². The Kier molecular flexibility index (Phi) is 3.89. The number of halogens is 1. The highest BCUT2D eigenvalue weighted by molar-refractivity contribution is 8.18. The molecule has 0 saturated carbocycles. The number of carbonyl (C=O) groups is 2. The highest BCUT2D eigenvalue weighted by Crippen LogP contribution is 2.36. The van der Waals surface area contributed by atoms with Crippen LogP contribution in [0.4, 0.5) is 9.18 Å². The molecule has 0 atom stereocenters. The average Bonchev–Trinajstić information content (AvgIpc) is 3.17. The van der Waals surface area contributed by atoms with E-state index in [0.717, 1.165) is 39.4 Å². The van der Waals surface area contributed by atoms with Gasteiger partial charge in [-0.3, -0.25) is 14.9 Å². The summed E-state index contributed by atoms with van der Waals surface area (Å²) in [6.07, 6.45) is 2.26. The smallest absolute Gasteiger partial charge is 0.290 e. The molecule has 4 nitrogen and oxygen atoms in total. The summed E-state index contributed by atoms with van der Waals surface area (Å²) in [6, 6.07) is 13.9. The third-order valence-electron chi connectivity index (χ3n) is 4.10. The van der Waals surface area contributed by atoms with Crippen LogP contribution in [0.25, 0.3) is 16.5 Å². The fourth-order valence-electron chi connectivity index (χ4n) is 2.94. The molecule has 2 amide bonds. The lowest BCUT2D eigenvalue weighted by atomic mass is 9.97. The van der Waals surface area contributed by atoms with Gasteiger partial charge in [0.25, 0.3) is 11.1 Å². The van der Waals surface area contributed by atoms with Crippen LogP contribution in [0.5, 0.6) is 0 Å². The first-order chi connectivity index (χ1) is 12.1. The van der Waals surface area contributed by atoms with E-state index in [-0.39, 0.29) is 11.1 Å². The molecule has 0 radical (unpaired) electrons. The normalized spacial score (nSPS) is 16.4. The van der Waals surface area contributed by atoms with Crippen molar-refractivity contribution in [3.63, 3.8) is 0 Å². The van der Waals surface area contributed by atoms with Crippen LogP contribution in [0.1, 0.15) is 11.1 Å². The summed E-state index contributed by atoms with van der Waals surface area (Å²) in [4.78, 5) is 27.4. The first-order valence-electron chi connectivity index (χ1n) is 7.69. The Hall–Kier alpha value is -2.86. The van der Waals surface area contributed by atoms with Gasteiger partial charge in [-0.05, 0) is 47.5 Å². The van der Waals surface area contributed by atoms with Gasteiger partial charge in [-0.2, -0.15) is 0 Å². The number of rotatable bonds is 3. The van der Waals surface area contributed by atoms with Crippen LogP contribution in [0.3, 0.4) is 0 Å². The Morgan fingerprint density at radius 1 is 1.04 bits per heavy atom. The van der Waals surface area contributed by atoms with Crippen LogP contribution in [0, 0.1) is 5.82 Å². The van der Waals surface area contributed by atoms with Crippen LogP contribution in [-0.2, 0) is 11.2 Å². The number of thioether (sulfide) groups is 1. The largest absolute Gasteiger partial charge is 0.361 e. The summed E-state index contributed by atoms with van der Waals surface area (Å²) in [5, 5.41) is 2.90. The second-order valence-corrected chi connectivity index (χ2v) is 6.69. The number of fused-ring (bicyclic) bond motifs is 1. The van der Waals surface area contributed by atoms with Crippen molar-refractivity contribution in [2.24, 2.45) is 0 Å². The molecule has 3 aromatic rings. The molecule has 0 bridgehead atoms. The Morgan fingerprint density at radius 3 is 2.52 bits per heavy atom. The molecule has 0 spiro atoms. The van der Waals surface area contributed by atoms with Gasteiger partial charge in [0.05, 0.1) is 4.91 Å². The van der Waals surface area contributed by atoms with Gasteiger partial charge in [0.1, 0.15) is 5.82 Å². The van der Waals surface area contributed by atoms with Crippen molar-refractivity contribution >= 4 is 39.4 Å². The predicted molar refractivity (Wildman–Crippen MR) is 96.5 cm³/mol. The highest BCUT2D eigenvalue weighted by atomic mass is 32.2. The van der Waals surface area contributed by atoms with Gasteiger partial charge < -0.3 is 4.98 Å². The molecule has 1 aromatic heterocycles. The minimum Gasteiger partial charge on any atom is -0.361 e. The van der Waals surface area contributed by atoms with E-state index in [1.807, 2.05) is 30.5 Å². The van der Waals surface area contributed by atoms with Gasteiger partial charge >= 0.3 is 0 Å². The zero-order chi connectivity index (χ0) is 17.4. The molecule has 0 aliphatic carbocycles. The molecule has 4 rings (SSSR count). The number of imide groups is 1. The molecule has 1 saturated heterocycles. The fourth-order valence-corrected chi connectivity index (χ4v) is 3.72. The Bertz CT molecular complexity index is 1020. The maximum absolute atomic E-state index is 13.2. The van der Waals surface area contributed by atoms with E-state index >= 15 is 0 Å². The molecule has 124 valence electrons. The molecule has 25 heavy (non-hydrogen) atoms. The average molecular weight is 352 g/mol. The standard InChI is InChI=1S/C19H13FN2O2S/c20-12-7-5-11(6-8-12)9-14(17-18(23)22-19(24)25-17)15-10-21-16-4-2-1-3-13(15)16/h1-8,10,21H,9H2,(H,22,23,24). The molecule has 1 fully saturated rings. The lowest BCUT2D eigenvalue weighted by molar-refractivity contribution is -0.115. The summed E-state index contributed by atoms with van der Waals surface area (Å²) in [5.74, 6) is -0.703. The van der Waals surface area contributed by atoms with Crippen molar-refractivity contribution in [2.75, 3.05) is 0 Å². The number of para-hydroxylation sites is 1. The van der Waals surface area contributed by atoms with E-state index < -0.39 is 5.91 Å². The number of benzene rings is 2. The number of nitrogens with one attached hydrogen (secondary N) is 2. The fraction of sp³-hybridized carbons (Fsp3) is 0.0526. The number of allylic oxidation sites excluding steroid dienone is 1. The topological polar surface area (TPSA) is 62.0 Å². The van der Waals surface area contributed by atoms with Crippen LogP contribution in [-0.4, -0.2) is 16.1 Å². The van der Waals surface area contributed by atoms with Crippen molar-refractivity contribution in [3.05, 3.63) is 76.6 Å². The van der Waals surface area contributed by atoms with Crippen LogP contribution >= 0.6 is 11.8 Å². The zero-order valence-electron chi connectivity index (χ0n) is 13.0. The van der Waals surface area contributed by atoms with E-state index in [4.69, 9.17) is 0 Å². The minimum atomic E-state index is -0.391. The third-order valence-corrected chi connectivity index (χ3v) is 5.02. The Balaban J connectivity index is 1.87. The third kappa shape index (κ3) is 2.96. The second-order valence-electron chi connectivity index (χ2n) is 5.70. The lowest BCUT2D eigenvalue weighted by Crippen LogP contribution is -2.18. The zero-order valence-corrected chi connectivity index (χ0v) is 13.8. The molecule has 0 unspecified atom stereocenters. The van der Waals surface area contributed by atoms with E-state index in [9.17, 15) is 14.0 Å². The quantitative estimate of drug-likeness (QED) is 0.693. The molecular weight excluding hydrogens is 339 g/mol. The van der Waals surface area contributed by atoms with E-state index in [1.54, 1.807) is 12.1 Å². The highest BCUT2D eigenvalue weighted by Gasteiger charge is 2.29. The van der Waals surface area contributed by atoms with Crippen LogP contribution < -0.4 is 5.32 Å². The SMILES string of the molecule is O=C1NC(=O)C(=C(Cc2ccc(F)cc2)c2c[nH]c3ccccc23)S1. The second kappa shape index (κ2) is 6.22. The van der Waals surface area contributed by atoms with Gasteiger partial charge in [0.2, 0.25) is 0 Å². The van der Waals surface area contributed by atoms with Gasteiger partial charge in [0, 0.05) is 22.7 Å². The first kappa shape index (κ1) is 15.7. The Labute approximate surface area is 147 Å².